The lowest BCUT2D eigenvalue weighted by molar-refractivity contribution is 0.181. The molecule has 0 saturated carbocycles. The fourth-order valence-corrected chi connectivity index (χ4v) is 2.71. The molecule has 3 rings (SSSR count). The molecule has 0 fully saturated rings. The highest BCUT2D eigenvalue weighted by molar-refractivity contribution is 5.46. The first-order valence-electron chi connectivity index (χ1n) is 7.69. The quantitative estimate of drug-likeness (QED) is 0.695. The smallest absolute Gasteiger partial charge is 0.254 e. The molecule has 0 spiro atoms. The van der Waals surface area contributed by atoms with Gasteiger partial charge in [-0.25, -0.2) is 9.67 Å². The van der Waals surface area contributed by atoms with Gasteiger partial charge in [0.2, 0.25) is 5.88 Å². The van der Waals surface area contributed by atoms with Gasteiger partial charge in [0, 0.05) is 26.8 Å². The van der Waals surface area contributed by atoms with Gasteiger partial charge in [-0.2, -0.15) is 19.7 Å². The number of methoxy groups -OCH3 is 2. The summed E-state index contributed by atoms with van der Waals surface area (Å²) in [6.45, 7) is 3.05. The van der Waals surface area contributed by atoms with Crippen molar-refractivity contribution in [3.63, 3.8) is 0 Å². The third-order valence-electron chi connectivity index (χ3n) is 3.74. The maximum atomic E-state index is 5.48. The third-order valence-corrected chi connectivity index (χ3v) is 3.74. The Bertz CT molecular complexity index is 840. The highest BCUT2D eigenvalue weighted by atomic mass is 16.5. The number of nitrogens with one attached hydrogen (secondary N) is 1. The van der Waals surface area contributed by atoms with Crippen molar-refractivity contribution in [1.29, 1.82) is 0 Å². The zero-order valence-electron chi connectivity index (χ0n) is 14.3. The van der Waals surface area contributed by atoms with E-state index in [-0.39, 0.29) is 0 Å². The van der Waals surface area contributed by atoms with E-state index < -0.39 is 0 Å². The second-order valence-corrected chi connectivity index (χ2v) is 5.30. The van der Waals surface area contributed by atoms with E-state index in [1.54, 1.807) is 23.4 Å². The molecule has 1 N–H and O–H groups in total. The van der Waals surface area contributed by atoms with Crippen LogP contribution >= 0.6 is 0 Å². The Balaban J connectivity index is 1.92. The Morgan fingerprint density at radius 1 is 1.29 bits per heavy atom. The number of hydrogen-bond acceptors (Lipinski definition) is 7. The molecule has 9 nitrogen and oxygen atoms in total. The van der Waals surface area contributed by atoms with Gasteiger partial charge in [-0.1, -0.05) is 6.92 Å². The van der Waals surface area contributed by atoms with Gasteiger partial charge in [-0.3, -0.25) is 0 Å². The van der Waals surface area contributed by atoms with E-state index in [1.807, 2.05) is 13.1 Å². The SMILES string of the molecule is CCc1nn(C)c(OC)c1CNc1cc(COC)nc2ncnn12. The van der Waals surface area contributed by atoms with Gasteiger partial charge in [0.1, 0.15) is 12.1 Å². The molecule has 3 heterocycles. The summed E-state index contributed by atoms with van der Waals surface area (Å²) in [4.78, 5) is 8.55. The van der Waals surface area contributed by atoms with E-state index in [2.05, 4.69) is 32.4 Å². The number of ether oxygens (including phenoxy) is 2. The maximum absolute atomic E-state index is 5.48. The van der Waals surface area contributed by atoms with Gasteiger partial charge in [0.25, 0.3) is 5.78 Å². The molecule has 0 unspecified atom stereocenters. The number of anilines is 1. The average molecular weight is 331 g/mol. The fraction of sp³-hybridized carbons (Fsp3) is 0.467. The van der Waals surface area contributed by atoms with Crippen LogP contribution in [0.4, 0.5) is 5.82 Å². The van der Waals surface area contributed by atoms with Crippen LogP contribution in [-0.2, 0) is 31.4 Å². The Morgan fingerprint density at radius 3 is 2.83 bits per heavy atom. The molecule has 0 aliphatic rings. The van der Waals surface area contributed by atoms with Crippen molar-refractivity contribution in [1.82, 2.24) is 29.4 Å². The van der Waals surface area contributed by atoms with Crippen LogP contribution in [-0.4, -0.2) is 43.6 Å². The molecule has 128 valence electrons. The summed E-state index contributed by atoms with van der Waals surface area (Å²) in [6.07, 6.45) is 2.31. The molecule has 0 amide bonds. The van der Waals surface area contributed by atoms with Crippen molar-refractivity contribution >= 4 is 11.6 Å². The van der Waals surface area contributed by atoms with Crippen molar-refractivity contribution in [2.24, 2.45) is 7.05 Å². The summed E-state index contributed by atoms with van der Waals surface area (Å²) in [5, 5.41) is 12.1. The predicted molar refractivity (Wildman–Crippen MR) is 88.0 cm³/mol. The van der Waals surface area contributed by atoms with E-state index in [9.17, 15) is 0 Å². The summed E-state index contributed by atoms with van der Waals surface area (Å²) in [5.74, 6) is 2.07. The second-order valence-electron chi connectivity index (χ2n) is 5.30. The highest BCUT2D eigenvalue weighted by Gasteiger charge is 2.16. The van der Waals surface area contributed by atoms with E-state index >= 15 is 0 Å². The van der Waals surface area contributed by atoms with Crippen molar-refractivity contribution in [2.75, 3.05) is 19.5 Å². The lowest BCUT2D eigenvalue weighted by Crippen LogP contribution is -2.09. The van der Waals surface area contributed by atoms with Crippen LogP contribution < -0.4 is 10.1 Å². The Kier molecular flexibility index (Phi) is 4.61. The standard InChI is InChI=1S/C15H21N7O2/c1-5-12-11(14(24-4)21(2)20-12)7-16-13-6-10(8-23-3)19-15-17-9-18-22(13)15/h6,9,16H,5,7-8H2,1-4H3. The van der Waals surface area contributed by atoms with Gasteiger partial charge in [-0.15, -0.1) is 0 Å². The van der Waals surface area contributed by atoms with Crippen molar-refractivity contribution in [3.8, 4) is 5.88 Å². The number of rotatable bonds is 7. The minimum absolute atomic E-state index is 0.411. The largest absolute Gasteiger partial charge is 0.481 e. The molecule has 0 aliphatic heterocycles. The van der Waals surface area contributed by atoms with Gasteiger partial charge < -0.3 is 14.8 Å². The topological polar surface area (TPSA) is 91.4 Å². The van der Waals surface area contributed by atoms with E-state index in [0.29, 0.717) is 18.9 Å². The van der Waals surface area contributed by atoms with Crippen molar-refractivity contribution in [3.05, 3.63) is 29.3 Å². The molecular weight excluding hydrogens is 310 g/mol. The summed E-state index contributed by atoms with van der Waals surface area (Å²) in [6, 6.07) is 1.90. The highest BCUT2D eigenvalue weighted by Crippen LogP contribution is 2.23. The van der Waals surface area contributed by atoms with Crippen molar-refractivity contribution in [2.45, 2.75) is 26.5 Å². The molecule has 0 aromatic carbocycles. The lowest BCUT2D eigenvalue weighted by atomic mass is 10.2. The minimum atomic E-state index is 0.411. The molecule has 0 atom stereocenters. The average Bonchev–Trinajstić information content (AvgIpc) is 3.16. The molecule has 24 heavy (non-hydrogen) atoms. The molecule has 0 radical (unpaired) electrons. The zero-order valence-corrected chi connectivity index (χ0v) is 14.3. The van der Waals surface area contributed by atoms with Crippen LogP contribution in [0.1, 0.15) is 23.9 Å². The summed E-state index contributed by atoms with van der Waals surface area (Å²) in [7, 11) is 5.16. The maximum Gasteiger partial charge on any atom is 0.254 e. The van der Waals surface area contributed by atoms with Gasteiger partial charge in [0.15, 0.2) is 0 Å². The monoisotopic (exact) mass is 331 g/mol. The second kappa shape index (κ2) is 6.83. The van der Waals surface area contributed by atoms with Crippen LogP contribution in [0.15, 0.2) is 12.4 Å². The van der Waals surface area contributed by atoms with E-state index in [4.69, 9.17) is 9.47 Å². The van der Waals surface area contributed by atoms with Crippen LogP contribution in [0, 0.1) is 0 Å². The number of hydrogen-bond donors (Lipinski definition) is 1. The molecule has 3 aromatic rings. The first-order valence-corrected chi connectivity index (χ1v) is 7.69. The van der Waals surface area contributed by atoms with Crippen LogP contribution in [0.2, 0.25) is 0 Å². The Hall–Kier alpha value is -2.68. The summed E-state index contributed by atoms with van der Waals surface area (Å²) >= 11 is 0. The van der Waals surface area contributed by atoms with Gasteiger partial charge in [-0.05, 0) is 6.42 Å². The van der Waals surface area contributed by atoms with E-state index in [0.717, 1.165) is 35.1 Å². The lowest BCUT2D eigenvalue weighted by Gasteiger charge is -2.11. The Labute approximate surface area is 139 Å². The summed E-state index contributed by atoms with van der Waals surface area (Å²) < 4.78 is 14.1. The van der Waals surface area contributed by atoms with E-state index in [1.165, 1.54) is 6.33 Å². The number of nitrogens with zero attached hydrogens (tertiary/aromatic N) is 6. The number of fused-ring (bicyclic) bond motifs is 1. The number of aryl methyl sites for hydroxylation is 2. The van der Waals surface area contributed by atoms with Crippen LogP contribution in [0.3, 0.4) is 0 Å². The normalized spacial score (nSPS) is 11.2. The minimum Gasteiger partial charge on any atom is -0.481 e. The predicted octanol–water partition coefficient (Wildman–Crippen LogP) is 1.19. The molecular formula is C15H21N7O2. The molecule has 0 aliphatic carbocycles. The van der Waals surface area contributed by atoms with Crippen molar-refractivity contribution < 1.29 is 9.47 Å². The summed E-state index contributed by atoms with van der Waals surface area (Å²) in [5.41, 5.74) is 2.82. The molecule has 9 heteroatoms. The van der Waals surface area contributed by atoms with Gasteiger partial charge >= 0.3 is 0 Å². The van der Waals surface area contributed by atoms with Crippen LogP contribution in [0.5, 0.6) is 5.88 Å². The number of aromatic nitrogens is 6. The molecule has 3 aromatic heterocycles. The third kappa shape index (κ3) is 2.90. The molecule has 0 saturated heterocycles. The first kappa shape index (κ1) is 16.2. The zero-order chi connectivity index (χ0) is 17.1. The molecule has 0 bridgehead atoms. The first-order chi connectivity index (χ1) is 11.7. The fourth-order valence-electron chi connectivity index (χ4n) is 2.71. The Morgan fingerprint density at radius 2 is 2.12 bits per heavy atom. The van der Waals surface area contributed by atoms with Crippen LogP contribution in [0.25, 0.3) is 5.78 Å². The van der Waals surface area contributed by atoms with Gasteiger partial charge in [0.05, 0.1) is 30.7 Å².